The molecule has 18 heavy (non-hydrogen) atoms. The third-order valence-corrected chi connectivity index (χ3v) is 4.31. The largest absolute Gasteiger partial charge is 0.497 e. The molecular formula is C15H19NO2. The summed E-state index contributed by atoms with van der Waals surface area (Å²) < 4.78 is 5.31. The van der Waals surface area contributed by atoms with Gasteiger partial charge in [-0.05, 0) is 48.4 Å². The van der Waals surface area contributed by atoms with E-state index in [2.05, 4.69) is 11.4 Å². The Balaban J connectivity index is 1.98. The Morgan fingerprint density at radius 1 is 1.28 bits per heavy atom. The lowest BCUT2D eigenvalue weighted by atomic mass is 9.79. The maximum atomic E-state index is 11.8. The fraction of sp³-hybridized carbons (Fsp3) is 0.533. The molecule has 0 radical (unpaired) electrons. The van der Waals surface area contributed by atoms with Crippen molar-refractivity contribution in [3.63, 3.8) is 0 Å². The number of anilines is 1. The number of carbonyl (C=O) groups excluding carboxylic acids is 1. The number of nitrogens with one attached hydrogen (secondary N) is 1. The van der Waals surface area contributed by atoms with Gasteiger partial charge in [0.15, 0.2) is 0 Å². The molecule has 1 aliphatic heterocycles. The van der Waals surface area contributed by atoms with Gasteiger partial charge in [-0.1, -0.05) is 12.8 Å². The van der Waals surface area contributed by atoms with Crippen molar-refractivity contribution < 1.29 is 9.53 Å². The number of ether oxygens (including phenoxy) is 1. The van der Waals surface area contributed by atoms with E-state index in [0.29, 0.717) is 18.3 Å². The maximum absolute atomic E-state index is 11.8. The number of hydrogen-bond donors (Lipinski definition) is 1. The van der Waals surface area contributed by atoms with E-state index in [1.165, 1.54) is 31.2 Å². The van der Waals surface area contributed by atoms with E-state index in [9.17, 15) is 4.79 Å². The van der Waals surface area contributed by atoms with E-state index in [-0.39, 0.29) is 5.91 Å². The second-order valence-corrected chi connectivity index (χ2v) is 5.36. The molecule has 1 heterocycles. The first-order valence-corrected chi connectivity index (χ1v) is 6.75. The molecule has 0 aromatic heterocycles. The molecule has 1 aromatic carbocycles. The summed E-state index contributed by atoms with van der Waals surface area (Å²) in [4.78, 5) is 11.8. The summed E-state index contributed by atoms with van der Waals surface area (Å²) in [6.07, 6.45) is 5.76. The van der Waals surface area contributed by atoms with Gasteiger partial charge in [-0.3, -0.25) is 4.79 Å². The topological polar surface area (TPSA) is 38.3 Å². The van der Waals surface area contributed by atoms with Crippen LogP contribution < -0.4 is 10.1 Å². The summed E-state index contributed by atoms with van der Waals surface area (Å²) in [7, 11) is 1.69. The first kappa shape index (κ1) is 11.6. The molecule has 1 fully saturated rings. The number of methoxy groups -OCH3 is 1. The van der Waals surface area contributed by atoms with Gasteiger partial charge < -0.3 is 10.1 Å². The summed E-state index contributed by atoms with van der Waals surface area (Å²) in [5.74, 6) is 2.09. The number of amides is 1. The third-order valence-electron chi connectivity index (χ3n) is 4.31. The second-order valence-electron chi connectivity index (χ2n) is 5.36. The van der Waals surface area contributed by atoms with Crippen LogP contribution in [0, 0.1) is 5.92 Å². The molecule has 0 spiro atoms. The Kier molecular flexibility index (Phi) is 2.98. The van der Waals surface area contributed by atoms with E-state index in [4.69, 9.17) is 4.74 Å². The van der Waals surface area contributed by atoms with Gasteiger partial charge in [-0.2, -0.15) is 0 Å². The zero-order valence-corrected chi connectivity index (χ0v) is 10.7. The van der Waals surface area contributed by atoms with Crippen molar-refractivity contribution >= 4 is 11.6 Å². The zero-order chi connectivity index (χ0) is 12.5. The van der Waals surface area contributed by atoms with Crippen LogP contribution in [-0.2, 0) is 4.79 Å². The molecular weight excluding hydrogens is 226 g/mol. The number of hydrogen-bond acceptors (Lipinski definition) is 2. The number of rotatable bonds is 2. The van der Waals surface area contributed by atoms with E-state index in [0.717, 1.165) is 11.4 Å². The molecule has 1 aromatic rings. The minimum Gasteiger partial charge on any atom is -0.497 e. The van der Waals surface area contributed by atoms with E-state index < -0.39 is 0 Å². The molecule has 1 atom stereocenters. The van der Waals surface area contributed by atoms with Crippen molar-refractivity contribution in [2.45, 2.75) is 38.0 Å². The minimum absolute atomic E-state index is 0.157. The second kappa shape index (κ2) is 4.63. The molecule has 3 rings (SSSR count). The molecule has 1 aliphatic carbocycles. The van der Waals surface area contributed by atoms with Crippen LogP contribution in [0.2, 0.25) is 0 Å². The van der Waals surface area contributed by atoms with Crippen LogP contribution in [0.5, 0.6) is 5.75 Å². The van der Waals surface area contributed by atoms with Crippen LogP contribution in [0.4, 0.5) is 5.69 Å². The molecule has 1 saturated carbocycles. The smallest absolute Gasteiger partial charge is 0.225 e. The van der Waals surface area contributed by atoms with E-state index in [1.54, 1.807) is 7.11 Å². The van der Waals surface area contributed by atoms with E-state index in [1.807, 2.05) is 12.1 Å². The summed E-state index contributed by atoms with van der Waals surface area (Å²) in [6, 6.07) is 5.97. The summed E-state index contributed by atoms with van der Waals surface area (Å²) in [6.45, 7) is 0. The van der Waals surface area contributed by atoms with Crippen molar-refractivity contribution in [3.8, 4) is 5.75 Å². The molecule has 3 nitrogen and oxygen atoms in total. The van der Waals surface area contributed by atoms with Crippen molar-refractivity contribution in [2.75, 3.05) is 12.4 Å². The van der Waals surface area contributed by atoms with Crippen LogP contribution in [0.1, 0.15) is 43.6 Å². The Labute approximate surface area is 108 Å². The lowest BCUT2D eigenvalue weighted by Crippen LogP contribution is -2.26. The predicted octanol–water partition coefficient (Wildman–Crippen LogP) is 3.31. The monoisotopic (exact) mass is 245 g/mol. The van der Waals surface area contributed by atoms with Crippen LogP contribution in [-0.4, -0.2) is 13.0 Å². The van der Waals surface area contributed by atoms with Crippen molar-refractivity contribution in [1.82, 2.24) is 0 Å². The highest BCUT2D eigenvalue weighted by Crippen LogP contribution is 2.44. The predicted molar refractivity (Wildman–Crippen MR) is 70.9 cm³/mol. The van der Waals surface area contributed by atoms with Gasteiger partial charge in [-0.25, -0.2) is 0 Å². The number of carbonyl (C=O) groups is 1. The fourth-order valence-electron chi connectivity index (χ4n) is 3.38. The normalized spacial score (nSPS) is 23.6. The first-order chi connectivity index (χ1) is 8.78. The van der Waals surface area contributed by atoms with E-state index >= 15 is 0 Å². The van der Waals surface area contributed by atoms with Crippen LogP contribution in [0.3, 0.4) is 0 Å². The van der Waals surface area contributed by atoms with Crippen LogP contribution in [0.25, 0.3) is 0 Å². The zero-order valence-electron chi connectivity index (χ0n) is 10.7. The molecule has 2 aliphatic rings. The quantitative estimate of drug-likeness (QED) is 0.868. The van der Waals surface area contributed by atoms with Crippen molar-refractivity contribution in [1.29, 1.82) is 0 Å². The average molecular weight is 245 g/mol. The molecule has 1 unspecified atom stereocenters. The molecule has 1 amide bonds. The number of benzene rings is 1. The number of fused-ring (bicyclic) bond motifs is 1. The lowest BCUT2D eigenvalue weighted by molar-refractivity contribution is -0.117. The molecule has 3 heteroatoms. The summed E-state index contributed by atoms with van der Waals surface area (Å²) >= 11 is 0. The molecule has 0 saturated heterocycles. The van der Waals surface area contributed by atoms with Gasteiger partial charge in [0.1, 0.15) is 5.75 Å². The first-order valence-electron chi connectivity index (χ1n) is 6.75. The Morgan fingerprint density at radius 2 is 2.06 bits per heavy atom. The Bertz CT molecular complexity index is 464. The van der Waals surface area contributed by atoms with Gasteiger partial charge in [0.25, 0.3) is 0 Å². The SMILES string of the molecule is COc1ccc2c(c1)C(C1CCCC1)CC(=O)N2. The Hall–Kier alpha value is -1.51. The van der Waals surface area contributed by atoms with Crippen LogP contribution >= 0.6 is 0 Å². The third kappa shape index (κ3) is 1.98. The molecule has 96 valence electrons. The Morgan fingerprint density at radius 3 is 2.78 bits per heavy atom. The van der Waals surface area contributed by atoms with Crippen LogP contribution in [0.15, 0.2) is 18.2 Å². The standard InChI is InChI=1S/C15H19NO2/c1-18-11-6-7-14-13(8-11)12(9-15(17)16-14)10-4-2-3-5-10/h6-8,10,12H,2-5,9H2,1H3,(H,16,17). The fourth-order valence-corrected chi connectivity index (χ4v) is 3.38. The summed E-state index contributed by atoms with van der Waals surface area (Å²) in [5.41, 5.74) is 2.24. The average Bonchev–Trinajstić information content (AvgIpc) is 2.91. The van der Waals surface area contributed by atoms with Crippen molar-refractivity contribution in [2.24, 2.45) is 5.92 Å². The van der Waals surface area contributed by atoms with Gasteiger partial charge >= 0.3 is 0 Å². The highest BCUT2D eigenvalue weighted by Gasteiger charge is 2.33. The van der Waals surface area contributed by atoms with Gasteiger partial charge in [-0.15, -0.1) is 0 Å². The maximum Gasteiger partial charge on any atom is 0.225 e. The minimum atomic E-state index is 0.157. The lowest BCUT2D eigenvalue weighted by Gasteiger charge is -2.30. The van der Waals surface area contributed by atoms with Crippen molar-refractivity contribution in [3.05, 3.63) is 23.8 Å². The van der Waals surface area contributed by atoms with Gasteiger partial charge in [0.2, 0.25) is 5.91 Å². The highest BCUT2D eigenvalue weighted by atomic mass is 16.5. The van der Waals surface area contributed by atoms with Gasteiger partial charge in [0.05, 0.1) is 7.11 Å². The highest BCUT2D eigenvalue weighted by molar-refractivity contribution is 5.94. The molecule has 1 N–H and O–H groups in total. The van der Waals surface area contributed by atoms with Gasteiger partial charge in [0, 0.05) is 12.1 Å². The molecule has 0 bridgehead atoms. The summed E-state index contributed by atoms with van der Waals surface area (Å²) in [5, 5.41) is 2.97.